The number of nitrogens with one attached hydrogen (secondary N) is 1. The molecule has 0 spiro atoms. The average molecular weight is 340 g/mol. The van der Waals surface area contributed by atoms with Crippen molar-refractivity contribution in [2.45, 2.75) is 31.7 Å². The Balaban J connectivity index is 1.56. The molecule has 1 aromatic heterocycles. The first-order valence-electron chi connectivity index (χ1n) is 8.64. The number of amides is 1. The maximum absolute atomic E-state index is 12.2. The molecule has 132 valence electrons. The van der Waals surface area contributed by atoms with Crippen LogP contribution < -0.4 is 15.0 Å². The highest BCUT2D eigenvalue weighted by Crippen LogP contribution is 2.29. The number of para-hydroxylation sites is 1. The van der Waals surface area contributed by atoms with Gasteiger partial charge in [-0.1, -0.05) is 18.2 Å². The van der Waals surface area contributed by atoms with Gasteiger partial charge in [0.25, 0.3) is 0 Å². The van der Waals surface area contributed by atoms with Crippen LogP contribution in [0.4, 0.5) is 5.95 Å². The molecule has 1 aliphatic carbocycles. The number of rotatable bonds is 6. The van der Waals surface area contributed by atoms with Crippen LogP contribution in [0.15, 0.2) is 36.5 Å². The van der Waals surface area contributed by atoms with Crippen molar-refractivity contribution < 1.29 is 9.53 Å². The summed E-state index contributed by atoms with van der Waals surface area (Å²) in [5.74, 6) is 1.48. The zero-order valence-corrected chi connectivity index (χ0v) is 14.7. The van der Waals surface area contributed by atoms with Crippen molar-refractivity contribution in [3.8, 4) is 5.75 Å². The fourth-order valence-corrected chi connectivity index (χ4v) is 2.95. The number of ether oxygens (including phenoxy) is 1. The van der Waals surface area contributed by atoms with Gasteiger partial charge in [0.05, 0.1) is 24.8 Å². The second kappa shape index (κ2) is 7.96. The fraction of sp³-hybridized carbons (Fsp3) is 0.421. The van der Waals surface area contributed by atoms with Crippen LogP contribution in [0.25, 0.3) is 0 Å². The first-order valence-corrected chi connectivity index (χ1v) is 8.64. The number of carbonyl (C=O) groups is 1. The zero-order valence-electron chi connectivity index (χ0n) is 14.7. The van der Waals surface area contributed by atoms with Crippen molar-refractivity contribution in [1.82, 2.24) is 15.3 Å². The van der Waals surface area contributed by atoms with Gasteiger partial charge >= 0.3 is 0 Å². The Bertz CT molecular complexity index is 719. The highest BCUT2D eigenvalue weighted by atomic mass is 16.5. The summed E-state index contributed by atoms with van der Waals surface area (Å²) in [6.45, 7) is 0.367. The predicted octanol–water partition coefficient (Wildman–Crippen LogP) is 2.51. The van der Waals surface area contributed by atoms with Gasteiger partial charge in [0, 0.05) is 25.9 Å². The smallest absolute Gasteiger partial charge is 0.225 e. The van der Waals surface area contributed by atoms with Crippen molar-refractivity contribution in [3.05, 3.63) is 47.8 Å². The van der Waals surface area contributed by atoms with Gasteiger partial charge in [-0.15, -0.1) is 0 Å². The van der Waals surface area contributed by atoms with Crippen LogP contribution in [0.5, 0.6) is 5.75 Å². The molecule has 1 aromatic carbocycles. The number of fused-ring (bicyclic) bond motifs is 1. The van der Waals surface area contributed by atoms with Crippen LogP contribution >= 0.6 is 0 Å². The number of aromatic nitrogens is 2. The number of carbonyl (C=O) groups excluding carboxylic acids is 1. The Hall–Kier alpha value is -2.63. The van der Waals surface area contributed by atoms with E-state index in [9.17, 15) is 4.79 Å². The fourth-order valence-electron chi connectivity index (χ4n) is 2.95. The third kappa shape index (κ3) is 4.47. The Morgan fingerprint density at radius 3 is 2.88 bits per heavy atom. The van der Waals surface area contributed by atoms with Gasteiger partial charge in [0.2, 0.25) is 11.9 Å². The maximum atomic E-state index is 12.2. The predicted molar refractivity (Wildman–Crippen MR) is 96.7 cm³/mol. The summed E-state index contributed by atoms with van der Waals surface area (Å²) in [7, 11) is 3.85. The average Bonchev–Trinajstić information content (AvgIpc) is 2.62. The number of hydrogen-bond donors (Lipinski definition) is 1. The Labute approximate surface area is 148 Å². The second-order valence-electron chi connectivity index (χ2n) is 6.39. The van der Waals surface area contributed by atoms with E-state index < -0.39 is 0 Å². The van der Waals surface area contributed by atoms with Crippen molar-refractivity contribution in [1.29, 1.82) is 0 Å². The van der Waals surface area contributed by atoms with Gasteiger partial charge < -0.3 is 15.0 Å². The van der Waals surface area contributed by atoms with E-state index in [1.807, 2.05) is 55.5 Å². The maximum Gasteiger partial charge on any atom is 0.225 e. The van der Waals surface area contributed by atoms with Crippen LogP contribution in [0.3, 0.4) is 0 Å². The molecule has 1 aliphatic rings. The van der Waals surface area contributed by atoms with E-state index in [1.54, 1.807) is 0 Å². The summed E-state index contributed by atoms with van der Waals surface area (Å²) < 4.78 is 5.59. The normalized spacial score (nSPS) is 16.0. The number of aryl methyl sites for hydroxylation is 1. The topological polar surface area (TPSA) is 67.4 Å². The molecule has 0 aliphatic heterocycles. The summed E-state index contributed by atoms with van der Waals surface area (Å²) in [4.78, 5) is 23.1. The van der Waals surface area contributed by atoms with Crippen molar-refractivity contribution >= 4 is 11.9 Å². The molecule has 0 radical (unpaired) electrons. The van der Waals surface area contributed by atoms with E-state index >= 15 is 0 Å². The minimum Gasteiger partial charge on any atom is -0.493 e. The Morgan fingerprint density at radius 2 is 2.12 bits per heavy atom. The summed E-state index contributed by atoms with van der Waals surface area (Å²) in [5, 5.41) is 3.10. The largest absolute Gasteiger partial charge is 0.493 e. The summed E-state index contributed by atoms with van der Waals surface area (Å²) in [5.41, 5.74) is 2.07. The molecule has 6 nitrogen and oxygen atoms in total. The quantitative estimate of drug-likeness (QED) is 0.875. The van der Waals surface area contributed by atoms with Crippen LogP contribution in [0.2, 0.25) is 0 Å². The minimum atomic E-state index is -0.0100. The molecule has 1 amide bonds. The summed E-state index contributed by atoms with van der Waals surface area (Å²) in [6.07, 6.45) is 5.05. The lowest BCUT2D eigenvalue weighted by Gasteiger charge is -2.26. The molecule has 6 heteroatoms. The van der Waals surface area contributed by atoms with Crippen molar-refractivity contribution in [3.63, 3.8) is 0 Å². The van der Waals surface area contributed by atoms with E-state index in [1.165, 1.54) is 0 Å². The molecule has 2 aromatic rings. The SMILES string of the molecule is CN(C)c1ncc2c(n1)CCCC2NC(=O)CCOc1ccccc1. The lowest BCUT2D eigenvalue weighted by Crippen LogP contribution is -2.32. The number of nitrogens with zero attached hydrogens (tertiary/aromatic N) is 3. The standard InChI is InChI=1S/C19H24N4O2/c1-23(2)19-20-13-15-16(9-6-10-17(15)22-19)21-18(24)11-12-25-14-7-4-3-5-8-14/h3-5,7-8,13,16H,6,9-12H2,1-2H3,(H,21,24). The molecule has 3 rings (SSSR count). The molecule has 0 saturated heterocycles. The van der Waals surface area contributed by atoms with E-state index in [2.05, 4.69) is 15.3 Å². The van der Waals surface area contributed by atoms with Crippen molar-refractivity contribution in [2.24, 2.45) is 0 Å². The van der Waals surface area contributed by atoms with Gasteiger partial charge in [0.15, 0.2) is 0 Å². The molecule has 0 saturated carbocycles. The van der Waals surface area contributed by atoms with E-state index in [0.29, 0.717) is 19.0 Å². The first-order chi connectivity index (χ1) is 12.1. The monoisotopic (exact) mass is 340 g/mol. The van der Waals surface area contributed by atoms with Gasteiger partial charge in [-0.25, -0.2) is 9.97 Å². The second-order valence-corrected chi connectivity index (χ2v) is 6.39. The van der Waals surface area contributed by atoms with Crippen LogP contribution in [0.1, 0.15) is 36.6 Å². The molecule has 0 bridgehead atoms. The highest BCUT2D eigenvalue weighted by Gasteiger charge is 2.24. The molecule has 1 N–H and O–H groups in total. The molecule has 1 atom stereocenters. The van der Waals surface area contributed by atoms with Crippen molar-refractivity contribution in [2.75, 3.05) is 25.6 Å². The van der Waals surface area contributed by atoms with Gasteiger partial charge in [-0.3, -0.25) is 4.79 Å². The Morgan fingerprint density at radius 1 is 1.32 bits per heavy atom. The van der Waals surface area contributed by atoms with Crippen LogP contribution in [-0.4, -0.2) is 36.6 Å². The third-order valence-corrected chi connectivity index (χ3v) is 4.25. The van der Waals surface area contributed by atoms with Gasteiger partial charge in [0.1, 0.15) is 5.75 Å². The highest BCUT2D eigenvalue weighted by molar-refractivity contribution is 5.76. The molecular weight excluding hydrogens is 316 g/mol. The van der Waals surface area contributed by atoms with Gasteiger partial charge in [-0.05, 0) is 31.4 Å². The summed E-state index contributed by atoms with van der Waals surface area (Å²) >= 11 is 0. The minimum absolute atomic E-state index is 0.00883. The molecule has 1 unspecified atom stereocenters. The molecular formula is C19H24N4O2. The third-order valence-electron chi connectivity index (χ3n) is 4.25. The number of benzene rings is 1. The number of anilines is 1. The Kier molecular flexibility index (Phi) is 5.48. The van der Waals surface area contributed by atoms with E-state index in [0.717, 1.165) is 36.3 Å². The van der Waals surface area contributed by atoms with Crippen LogP contribution in [-0.2, 0) is 11.2 Å². The lowest BCUT2D eigenvalue weighted by molar-refractivity contribution is -0.122. The lowest BCUT2D eigenvalue weighted by atomic mass is 9.92. The molecule has 25 heavy (non-hydrogen) atoms. The summed E-state index contributed by atoms with van der Waals surface area (Å²) in [6, 6.07) is 9.52. The van der Waals surface area contributed by atoms with Crippen LogP contribution in [0, 0.1) is 0 Å². The first kappa shape index (κ1) is 17.2. The van der Waals surface area contributed by atoms with E-state index in [4.69, 9.17) is 4.74 Å². The van der Waals surface area contributed by atoms with Gasteiger partial charge in [-0.2, -0.15) is 0 Å². The van der Waals surface area contributed by atoms with E-state index in [-0.39, 0.29) is 11.9 Å². The number of hydrogen-bond acceptors (Lipinski definition) is 5. The molecule has 1 heterocycles. The molecule has 0 fully saturated rings. The zero-order chi connectivity index (χ0) is 17.6.